The SMILES string of the molecule is COc1ccc(NC2=C(c3ccccc3)C(=O)N(c3ccc(Cl)cc3)C2=O)cc1OC. The van der Waals surface area contributed by atoms with E-state index in [0.29, 0.717) is 33.5 Å². The molecule has 1 aliphatic rings. The van der Waals surface area contributed by atoms with Gasteiger partial charge in [0.05, 0.1) is 25.5 Å². The van der Waals surface area contributed by atoms with Crippen LogP contribution in [0.25, 0.3) is 5.57 Å². The van der Waals surface area contributed by atoms with Gasteiger partial charge in [0, 0.05) is 16.8 Å². The minimum atomic E-state index is -0.457. The number of carbonyl (C=O) groups excluding carboxylic acids is 2. The molecule has 1 N–H and O–H groups in total. The summed E-state index contributed by atoms with van der Waals surface area (Å²) < 4.78 is 10.6. The molecule has 0 bridgehead atoms. The number of ether oxygens (including phenoxy) is 2. The second kappa shape index (κ2) is 8.53. The number of amides is 2. The van der Waals surface area contributed by atoms with Crippen LogP contribution in [0, 0.1) is 0 Å². The summed E-state index contributed by atoms with van der Waals surface area (Å²) in [5.41, 5.74) is 2.13. The van der Waals surface area contributed by atoms with Gasteiger partial charge < -0.3 is 14.8 Å². The predicted molar refractivity (Wildman–Crippen MR) is 120 cm³/mol. The molecule has 1 heterocycles. The van der Waals surface area contributed by atoms with Crippen LogP contribution in [0.4, 0.5) is 11.4 Å². The number of nitrogens with zero attached hydrogens (tertiary/aromatic N) is 1. The van der Waals surface area contributed by atoms with Gasteiger partial charge in [-0.1, -0.05) is 41.9 Å². The Morgan fingerprint density at radius 1 is 0.806 bits per heavy atom. The summed E-state index contributed by atoms with van der Waals surface area (Å²) in [4.78, 5) is 27.9. The quantitative estimate of drug-likeness (QED) is 0.567. The van der Waals surface area contributed by atoms with Crippen molar-refractivity contribution in [1.29, 1.82) is 0 Å². The van der Waals surface area contributed by atoms with Gasteiger partial charge in [0.15, 0.2) is 11.5 Å². The largest absolute Gasteiger partial charge is 0.493 e. The average Bonchev–Trinajstić information content (AvgIpc) is 3.04. The molecular weight excluding hydrogens is 416 g/mol. The average molecular weight is 435 g/mol. The summed E-state index contributed by atoms with van der Waals surface area (Å²) in [6.45, 7) is 0. The lowest BCUT2D eigenvalue weighted by molar-refractivity contribution is -0.120. The number of methoxy groups -OCH3 is 2. The summed E-state index contributed by atoms with van der Waals surface area (Å²) in [6, 6.07) is 20.8. The van der Waals surface area contributed by atoms with Gasteiger partial charge >= 0.3 is 0 Å². The van der Waals surface area contributed by atoms with E-state index >= 15 is 0 Å². The highest BCUT2D eigenvalue weighted by atomic mass is 35.5. The molecule has 0 fully saturated rings. The van der Waals surface area contributed by atoms with Crippen molar-refractivity contribution in [2.45, 2.75) is 0 Å². The van der Waals surface area contributed by atoms with Crippen molar-refractivity contribution in [1.82, 2.24) is 0 Å². The third-order valence-corrected chi connectivity index (χ3v) is 5.14. The monoisotopic (exact) mass is 434 g/mol. The maximum Gasteiger partial charge on any atom is 0.282 e. The fraction of sp³-hybridized carbons (Fsp3) is 0.0833. The van der Waals surface area contributed by atoms with Gasteiger partial charge in [-0.2, -0.15) is 0 Å². The van der Waals surface area contributed by atoms with Crippen molar-refractivity contribution >= 4 is 40.4 Å². The van der Waals surface area contributed by atoms with E-state index in [1.807, 2.05) is 18.2 Å². The first-order valence-corrected chi connectivity index (χ1v) is 9.84. The molecule has 3 aromatic rings. The number of hydrogen-bond donors (Lipinski definition) is 1. The number of rotatable bonds is 6. The van der Waals surface area contributed by atoms with Gasteiger partial charge in [0.2, 0.25) is 0 Å². The van der Waals surface area contributed by atoms with E-state index < -0.39 is 11.8 Å². The van der Waals surface area contributed by atoms with Crippen LogP contribution in [0.2, 0.25) is 5.02 Å². The molecule has 0 saturated heterocycles. The van der Waals surface area contributed by atoms with Crippen LogP contribution in [0.15, 0.2) is 78.5 Å². The van der Waals surface area contributed by atoms with Crippen LogP contribution in [-0.2, 0) is 9.59 Å². The summed E-state index contributed by atoms with van der Waals surface area (Å²) >= 11 is 5.97. The Labute approximate surface area is 184 Å². The minimum absolute atomic E-state index is 0.179. The Morgan fingerprint density at radius 2 is 1.48 bits per heavy atom. The van der Waals surface area contributed by atoms with E-state index in [9.17, 15) is 9.59 Å². The van der Waals surface area contributed by atoms with Gasteiger partial charge in [0.25, 0.3) is 11.8 Å². The van der Waals surface area contributed by atoms with Crippen LogP contribution < -0.4 is 19.7 Å². The lowest BCUT2D eigenvalue weighted by Crippen LogP contribution is -2.32. The molecule has 156 valence electrons. The van der Waals surface area contributed by atoms with Crippen LogP contribution >= 0.6 is 11.6 Å². The molecule has 0 radical (unpaired) electrons. The molecule has 3 aromatic carbocycles. The van der Waals surface area contributed by atoms with Gasteiger partial charge in [-0.15, -0.1) is 0 Å². The van der Waals surface area contributed by atoms with Crippen molar-refractivity contribution in [3.8, 4) is 11.5 Å². The lowest BCUT2D eigenvalue weighted by Gasteiger charge is -2.16. The molecule has 31 heavy (non-hydrogen) atoms. The number of benzene rings is 3. The number of imide groups is 1. The highest BCUT2D eigenvalue weighted by Crippen LogP contribution is 2.36. The number of anilines is 2. The fourth-order valence-corrected chi connectivity index (χ4v) is 3.53. The first kappa shape index (κ1) is 20.5. The highest BCUT2D eigenvalue weighted by molar-refractivity contribution is 6.46. The first-order chi connectivity index (χ1) is 15.0. The summed E-state index contributed by atoms with van der Waals surface area (Å²) in [5.74, 6) is 0.185. The smallest absolute Gasteiger partial charge is 0.282 e. The summed E-state index contributed by atoms with van der Waals surface area (Å²) in [6.07, 6.45) is 0. The Kier molecular flexibility index (Phi) is 5.64. The van der Waals surface area contributed by atoms with Gasteiger partial charge in [0.1, 0.15) is 5.70 Å². The second-order valence-corrected chi connectivity index (χ2v) is 7.17. The van der Waals surface area contributed by atoms with E-state index in [-0.39, 0.29) is 11.3 Å². The van der Waals surface area contributed by atoms with Gasteiger partial charge in [-0.05, 0) is 42.0 Å². The molecule has 0 aliphatic carbocycles. The number of carbonyl (C=O) groups is 2. The van der Waals surface area contributed by atoms with E-state index in [1.165, 1.54) is 7.11 Å². The van der Waals surface area contributed by atoms with Crippen LogP contribution in [-0.4, -0.2) is 26.0 Å². The van der Waals surface area contributed by atoms with Crippen molar-refractivity contribution in [3.63, 3.8) is 0 Å². The van der Waals surface area contributed by atoms with Crippen molar-refractivity contribution in [3.05, 3.63) is 89.1 Å². The lowest BCUT2D eigenvalue weighted by atomic mass is 10.0. The zero-order valence-electron chi connectivity index (χ0n) is 16.9. The Hall–Kier alpha value is -3.77. The topological polar surface area (TPSA) is 67.9 Å². The second-order valence-electron chi connectivity index (χ2n) is 6.73. The van der Waals surface area contributed by atoms with Crippen LogP contribution in [0.3, 0.4) is 0 Å². The van der Waals surface area contributed by atoms with E-state index in [1.54, 1.807) is 61.7 Å². The third-order valence-electron chi connectivity index (χ3n) is 4.88. The number of nitrogens with one attached hydrogen (secondary N) is 1. The molecule has 0 aromatic heterocycles. The molecule has 6 nitrogen and oxygen atoms in total. The maximum atomic E-state index is 13.4. The normalized spacial score (nSPS) is 13.6. The van der Waals surface area contributed by atoms with E-state index in [2.05, 4.69) is 5.32 Å². The Bertz CT molecular complexity index is 1170. The molecule has 0 atom stereocenters. The molecule has 7 heteroatoms. The fourth-order valence-electron chi connectivity index (χ4n) is 3.40. The molecule has 0 spiro atoms. The standard InChI is InChI=1S/C24H19ClN2O4/c1-30-19-13-10-17(14-20(19)31-2)26-22-21(15-6-4-3-5-7-15)23(28)27(24(22)29)18-11-8-16(25)9-12-18/h3-14,26H,1-2H3. The Balaban J connectivity index is 1.79. The highest BCUT2D eigenvalue weighted by Gasteiger charge is 2.40. The van der Waals surface area contributed by atoms with E-state index in [4.69, 9.17) is 21.1 Å². The van der Waals surface area contributed by atoms with Crippen molar-refractivity contribution < 1.29 is 19.1 Å². The zero-order chi connectivity index (χ0) is 22.0. The molecule has 0 saturated carbocycles. The molecule has 2 amide bonds. The zero-order valence-corrected chi connectivity index (χ0v) is 17.6. The molecule has 4 rings (SSSR count). The maximum absolute atomic E-state index is 13.4. The van der Waals surface area contributed by atoms with Gasteiger partial charge in [-0.25, -0.2) is 4.90 Å². The predicted octanol–water partition coefficient (Wildman–Crippen LogP) is 4.75. The number of halogens is 1. The van der Waals surface area contributed by atoms with Crippen molar-refractivity contribution in [2.75, 3.05) is 24.4 Å². The van der Waals surface area contributed by atoms with E-state index in [0.717, 1.165) is 4.90 Å². The first-order valence-electron chi connectivity index (χ1n) is 9.46. The van der Waals surface area contributed by atoms with Gasteiger partial charge in [-0.3, -0.25) is 9.59 Å². The Morgan fingerprint density at radius 3 is 2.13 bits per heavy atom. The molecular formula is C24H19ClN2O4. The summed E-state index contributed by atoms with van der Waals surface area (Å²) in [5, 5.41) is 3.63. The number of hydrogen-bond acceptors (Lipinski definition) is 5. The van der Waals surface area contributed by atoms with Crippen molar-refractivity contribution in [2.24, 2.45) is 0 Å². The third kappa shape index (κ3) is 3.85. The van der Waals surface area contributed by atoms with Crippen LogP contribution in [0.1, 0.15) is 5.56 Å². The minimum Gasteiger partial charge on any atom is -0.493 e. The molecule has 0 unspecified atom stereocenters. The summed E-state index contributed by atoms with van der Waals surface area (Å²) in [7, 11) is 3.08. The molecule has 1 aliphatic heterocycles. The van der Waals surface area contributed by atoms with Crippen LogP contribution in [0.5, 0.6) is 11.5 Å².